The number of carbonyl (C=O) groups excluding carboxylic acids is 1. The molecule has 4 rings (SSSR count). The van der Waals surface area contributed by atoms with Crippen LogP contribution in [0.2, 0.25) is 0 Å². The van der Waals surface area contributed by atoms with Crippen LogP contribution in [-0.2, 0) is 0 Å². The number of carbonyl (C=O) groups is 1. The van der Waals surface area contributed by atoms with Crippen molar-refractivity contribution in [2.45, 2.75) is 0 Å². The molecular formula is C23H20N2O5. The number of rotatable bonds is 7. The zero-order valence-electron chi connectivity index (χ0n) is 16.8. The molecule has 0 atom stereocenters. The Morgan fingerprint density at radius 3 is 2.33 bits per heavy atom. The number of fused-ring (bicyclic) bond motifs is 1. The number of aromatic amines is 1. The predicted octanol–water partition coefficient (Wildman–Crippen LogP) is 4.61. The van der Waals surface area contributed by atoms with Crippen LogP contribution < -0.4 is 14.2 Å². The first-order valence-electron chi connectivity index (χ1n) is 9.19. The number of aromatic nitrogens is 2. The molecule has 0 bridgehead atoms. The highest BCUT2D eigenvalue weighted by molar-refractivity contribution is 6.32. The van der Waals surface area contributed by atoms with Crippen molar-refractivity contribution < 1.29 is 23.4 Å². The van der Waals surface area contributed by atoms with E-state index in [2.05, 4.69) is 9.97 Å². The Balaban J connectivity index is 1.86. The zero-order chi connectivity index (χ0) is 21.1. The van der Waals surface area contributed by atoms with Crippen LogP contribution in [0.4, 0.5) is 0 Å². The van der Waals surface area contributed by atoms with E-state index in [1.807, 2.05) is 24.3 Å². The minimum atomic E-state index is -0.273. The number of benzene rings is 2. The summed E-state index contributed by atoms with van der Waals surface area (Å²) in [6.45, 7) is 0. The van der Waals surface area contributed by atoms with Crippen molar-refractivity contribution in [2.75, 3.05) is 21.3 Å². The molecule has 30 heavy (non-hydrogen) atoms. The lowest BCUT2D eigenvalue weighted by atomic mass is 10.0. The maximum Gasteiger partial charge on any atom is 0.203 e. The number of hydrogen-bond donors (Lipinski definition) is 1. The van der Waals surface area contributed by atoms with Crippen molar-refractivity contribution in [3.05, 3.63) is 71.9 Å². The van der Waals surface area contributed by atoms with Gasteiger partial charge >= 0.3 is 0 Å². The van der Waals surface area contributed by atoms with E-state index in [4.69, 9.17) is 18.6 Å². The summed E-state index contributed by atoms with van der Waals surface area (Å²) >= 11 is 0. The summed E-state index contributed by atoms with van der Waals surface area (Å²) in [7, 11) is 4.52. The lowest BCUT2D eigenvalue weighted by Crippen LogP contribution is -2.06. The molecule has 0 fully saturated rings. The first-order valence-corrected chi connectivity index (χ1v) is 9.19. The Morgan fingerprint density at radius 2 is 1.73 bits per heavy atom. The van der Waals surface area contributed by atoms with E-state index in [0.717, 1.165) is 11.0 Å². The lowest BCUT2D eigenvalue weighted by molar-refractivity contribution is 0.105. The molecule has 2 heterocycles. The van der Waals surface area contributed by atoms with E-state index >= 15 is 0 Å². The Labute approximate surface area is 172 Å². The Kier molecular flexibility index (Phi) is 5.26. The summed E-state index contributed by atoms with van der Waals surface area (Å²) in [6.07, 6.45) is 3.20. The van der Waals surface area contributed by atoms with Crippen molar-refractivity contribution in [3.63, 3.8) is 0 Å². The van der Waals surface area contributed by atoms with Crippen LogP contribution >= 0.6 is 0 Å². The Morgan fingerprint density at radius 1 is 1.00 bits per heavy atom. The number of nitrogens with one attached hydrogen (secondary N) is 1. The number of imidazole rings is 1. The first-order chi connectivity index (χ1) is 14.6. The molecule has 4 aromatic rings. The molecule has 152 valence electrons. The normalized spacial score (nSPS) is 11.5. The molecule has 0 aliphatic heterocycles. The van der Waals surface area contributed by atoms with Gasteiger partial charge in [0, 0.05) is 5.56 Å². The summed E-state index contributed by atoms with van der Waals surface area (Å²) in [5.74, 6) is 1.89. The van der Waals surface area contributed by atoms with Gasteiger partial charge in [0.05, 0.1) is 44.2 Å². The molecule has 0 saturated carbocycles. The fourth-order valence-electron chi connectivity index (χ4n) is 3.21. The molecule has 7 nitrogen and oxygen atoms in total. The molecular weight excluding hydrogens is 384 g/mol. The van der Waals surface area contributed by atoms with Crippen LogP contribution in [0.25, 0.3) is 22.7 Å². The number of para-hydroxylation sites is 2. The van der Waals surface area contributed by atoms with Gasteiger partial charge in [-0.3, -0.25) is 4.79 Å². The summed E-state index contributed by atoms with van der Waals surface area (Å²) in [5, 5.41) is 0. The van der Waals surface area contributed by atoms with Crippen molar-refractivity contribution in [1.82, 2.24) is 9.97 Å². The Bertz CT molecular complexity index is 1160. The van der Waals surface area contributed by atoms with Gasteiger partial charge in [0.2, 0.25) is 5.75 Å². The van der Waals surface area contributed by atoms with Crippen LogP contribution in [0.15, 0.2) is 59.2 Å². The standard InChI is InChI=1S/C23H20N2O5/c1-27-19-11-14(12-20(28-2)22(19)29-3)21(26)16(13-15-7-6-10-30-15)23-24-17-8-4-5-9-18(17)25-23/h4-13H,1-3H3,(H,24,25)/b16-13-. The minimum Gasteiger partial charge on any atom is -0.493 e. The smallest absolute Gasteiger partial charge is 0.203 e. The average Bonchev–Trinajstić information content (AvgIpc) is 3.45. The number of hydrogen-bond acceptors (Lipinski definition) is 6. The van der Waals surface area contributed by atoms with Crippen molar-refractivity contribution in [2.24, 2.45) is 0 Å². The van der Waals surface area contributed by atoms with Crippen molar-refractivity contribution in [3.8, 4) is 17.2 Å². The fourth-order valence-corrected chi connectivity index (χ4v) is 3.21. The second-order valence-electron chi connectivity index (χ2n) is 6.42. The number of methoxy groups -OCH3 is 3. The van der Waals surface area contributed by atoms with E-state index in [9.17, 15) is 4.79 Å². The molecule has 0 aliphatic carbocycles. The number of nitrogens with zero attached hydrogens (tertiary/aromatic N) is 1. The van der Waals surface area contributed by atoms with E-state index in [1.54, 1.807) is 36.6 Å². The van der Waals surface area contributed by atoms with Crippen LogP contribution in [0.5, 0.6) is 17.2 Å². The van der Waals surface area contributed by atoms with Gasteiger partial charge in [0.15, 0.2) is 17.3 Å². The molecule has 7 heteroatoms. The number of ether oxygens (including phenoxy) is 3. The first kappa shape index (κ1) is 19.3. The molecule has 2 aromatic heterocycles. The molecule has 0 aliphatic rings. The fraction of sp³-hybridized carbons (Fsp3) is 0.130. The van der Waals surface area contributed by atoms with E-state index in [-0.39, 0.29) is 5.78 Å². The van der Waals surface area contributed by atoms with Crippen LogP contribution in [0.3, 0.4) is 0 Å². The molecule has 2 aromatic carbocycles. The summed E-state index contributed by atoms with van der Waals surface area (Å²) in [6, 6.07) is 14.3. The Hall–Kier alpha value is -4.00. The second-order valence-corrected chi connectivity index (χ2v) is 6.42. The monoisotopic (exact) mass is 404 g/mol. The number of ketones is 1. The van der Waals surface area contributed by atoms with E-state index in [0.29, 0.717) is 40.0 Å². The number of furan rings is 1. The van der Waals surface area contributed by atoms with Gasteiger partial charge in [-0.15, -0.1) is 0 Å². The number of H-pyrrole nitrogens is 1. The molecule has 0 unspecified atom stereocenters. The largest absolute Gasteiger partial charge is 0.493 e. The quantitative estimate of drug-likeness (QED) is 0.358. The second kappa shape index (κ2) is 8.16. The third-order valence-electron chi connectivity index (χ3n) is 4.65. The van der Waals surface area contributed by atoms with Gasteiger partial charge in [-0.05, 0) is 42.5 Å². The van der Waals surface area contributed by atoms with Gasteiger partial charge in [0.1, 0.15) is 11.6 Å². The molecule has 0 saturated heterocycles. The number of allylic oxidation sites excluding steroid dienone is 1. The van der Waals surface area contributed by atoms with Crippen molar-refractivity contribution >= 4 is 28.5 Å². The lowest BCUT2D eigenvalue weighted by Gasteiger charge is -2.14. The average molecular weight is 404 g/mol. The maximum atomic E-state index is 13.6. The third-order valence-corrected chi connectivity index (χ3v) is 4.65. The molecule has 0 spiro atoms. The summed E-state index contributed by atoms with van der Waals surface area (Å²) < 4.78 is 21.6. The highest BCUT2D eigenvalue weighted by atomic mass is 16.5. The predicted molar refractivity (Wildman–Crippen MR) is 113 cm³/mol. The zero-order valence-corrected chi connectivity index (χ0v) is 16.8. The van der Waals surface area contributed by atoms with E-state index < -0.39 is 0 Å². The molecule has 1 N–H and O–H groups in total. The SMILES string of the molecule is COc1cc(C(=O)/C(=C/c2ccco2)c2nc3ccccc3[nH]2)cc(OC)c1OC. The summed E-state index contributed by atoms with van der Waals surface area (Å²) in [5.41, 5.74) is 2.30. The minimum absolute atomic E-state index is 0.273. The van der Waals surface area contributed by atoms with E-state index in [1.165, 1.54) is 21.3 Å². The van der Waals surface area contributed by atoms with Crippen LogP contribution in [-0.4, -0.2) is 37.1 Å². The van der Waals surface area contributed by atoms with Crippen LogP contribution in [0, 0.1) is 0 Å². The topological polar surface area (TPSA) is 86.6 Å². The van der Waals surface area contributed by atoms with Gasteiger partial charge in [-0.1, -0.05) is 12.1 Å². The maximum absolute atomic E-state index is 13.6. The van der Waals surface area contributed by atoms with Crippen molar-refractivity contribution in [1.29, 1.82) is 0 Å². The van der Waals surface area contributed by atoms with Gasteiger partial charge in [-0.25, -0.2) is 4.98 Å². The van der Waals surface area contributed by atoms with Crippen LogP contribution in [0.1, 0.15) is 21.9 Å². The summed E-state index contributed by atoms with van der Waals surface area (Å²) in [4.78, 5) is 21.4. The highest BCUT2D eigenvalue weighted by Gasteiger charge is 2.23. The highest BCUT2D eigenvalue weighted by Crippen LogP contribution is 2.39. The molecule has 0 amide bonds. The van der Waals surface area contributed by atoms with Gasteiger partial charge < -0.3 is 23.6 Å². The number of Topliss-reactive ketones (excluding diaryl/α,β-unsaturated/α-hetero) is 1. The molecule has 0 radical (unpaired) electrons. The third kappa shape index (κ3) is 3.53. The van der Waals surface area contributed by atoms with Gasteiger partial charge in [-0.2, -0.15) is 0 Å². The van der Waals surface area contributed by atoms with Gasteiger partial charge in [0.25, 0.3) is 0 Å².